The lowest BCUT2D eigenvalue weighted by molar-refractivity contribution is -0.128. The van der Waals surface area contributed by atoms with Crippen LogP contribution in [0, 0.1) is 0 Å². The molecule has 0 aromatic carbocycles. The molecule has 0 saturated carbocycles. The van der Waals surface area contributed by atoms with Crippen LogP contribution >= 0.6 is 0 Å². The average molecular weight is 314 g/mol. The summed E-state index contributed by atoms with van der Waals surface area (Å²) in [4.78, 5) is 17.6. The lowest BCUT2D eigenvalue weighted by atomic mass is 9.93. The van der Waals surface area contributed by atoms with Crippen molar-refractivity contribution >= 4 is 11.9 Å². The van der Waals surface area contributed by atoms with E-state index in [-0.39, 0.29) is 5.91 Å². The molecule has 0 bridgehead atoms. The van der Waals surface area contributed by atoms with Crippen LogP contribution in [0.4, 0.5) is 0 Å². The molecule has 0 aliphatic rings. The summed E-state index contributed by atoms with van der Waals surface area (Å²) >= 11 is 0. The maximum absolute atomic E-state index is 11.6. The number of carbonyl (C=O) groups excluding carboxylic acids is 1. The summed E-state index contributed by atoms with van der Waals surface area (Å²) < 4.78 is 0. The molecule has 0 aromatic rings. The number of aliphatic imine (C=N–C) groups is 1. The number of amides is 1. The minimum absolute atomic E-state index is 0.0804. The first-order chi connectivity index (χ1) is 10.4. The lowest BCUT2D eigenvalue weighted by Gasteiger charge is -2.26. The number of rotatable bonds is 10. The van der Waals surface area contributed by atoms with E-state index >= 15 is 0 Å². The third-order valence-corrected chi connectivity index (χ3v) is 3.44. The van der Waals surface area contributed by atoms with Gasteiger partial charge in [0.25, 0.3) is 0 Å². The van der Waals surface area contributed by atoms with Crippen LogP contribution < -0.4 is 10.6 Å². The highest BCUT2D eigenvalue weighted by atomic mass is 16.3. The molecule has 0 aromatic heterocycles. The number of carbonyl (C=O) groups is 1. The van der Waals surface area contributed by atoms with Crippen LogP contribution in [0.15, 0.2) is 4.99 Å². The second-order valence-electron chi connectivity index (χ2n) is 5.88. The highest BCUT2D eigenvalue weighted by molar-refractivity contribution is 5.81. The van der Waals surface area contributed by atoms with E-state index in [0.29, 0.717) is 25.5 Å². The molecule has 0 atom stereocenters. The Balaban J connectivity index is 4.54. The van der Waals surface area contributed by atoms with Gasteiger partial charge in [0.15, 0.2) is 5.96 Å². The van der Waals surface area contributed by atoms with Gasteiger partial charge in [-0.3, -0.25) is 9.79 Å². The van der Waals surface area contributed by atoms with E-state index in [2.05, 4.69) is 29.5 Å². The zero-order valence-corrected chi connectivity index (χ0v) is 14.9. The summed E-state index contributed by atoms with van der Waals surface area (Å²) in [6.07, 6.45) is 3.80. The molecule has 0 fully saturated rings. The molecule has 3 N–H and O–H groups in total. The van der Waals surface area contributed by atoms with Gasteiger partial charge in [-0.2, -0.15) is 0 Å². The monoisotopic (exact) mass is 314 g/mol. The summed E-state index contributed by atoms with van der Waals surface area (Å²) in [6.45, 7) is 7.79. The van der Waals surface area contributed by atoms with Crippen molar-refractivity contribution in [3.63, 3.8) is 0 Å². The number of guanidine groups is 1. The first-order valence-corrected chi connectivity index (χ1v) is 8.33. The highest BCUT2D eigenvalue weighted by Gasteiger charge is 2.24. The van der Waals surface area contributed by atoms with E-state index in [1.807, 2.05) is 6.92 Å². The Hall–Kier alpha value is -1.30. The zero-order valence-electron chi connectivity index (χ0n) is 14.9. The number of aliphatic hydroxyl groups is 1. The summed E-state index contributed by atoms with van der Waals surface area (Å²) in [5.74, 6) is 0.733. The third kappa shape index (κ3) is 8.87. The molecule has 0 aliphatic heterocycles. The quantitative estimate of drug-likeness (QED) is 0.420. The van der Waals surface area contributed by atoms with Crippen LogP contribution in [0.25, 0.3) is 0 Å². The van der Waals surface area contributed by atoms with E-state index in [0.717, 1.165) is 32.2 Å². The molecule has 0 aliphatic carbocycles. The molecule has 6 heteroatoms. The first-order valence-electron chi connectivity index (χ1n) is 8.33. The van der Waals surface area contributed by atoms with Gasteiger partial charge in [-0.1, -0.05) is 26.7 Å². The Kier molecular flexibility index (Phi) is 10.6. The number of hydrogen-bond donors (Lipinski definition) is 3. The average Bonchev–Trinajstić information content (AvgIpc) is 2.45. The molecular weight excluding hydrogens is 280 g/mol. The summed E-state index contributed by atoms with van der Waals surface area (Å²) in [5, 5.41) is 16.9. The predicted molar refractivity (Wildman–Crippen MR) is 92.1 cm³/mol. The van der Waals surface area contributed by atoms with Crippen molar-refractivity contribution in [1.82, 2.24) is 15.5 Å². The molecule has 0 spiro atoms. The maximum Gasteiger partial charge on any atom is 0.223 e. The van der Waals surface area contributed by atoms with Crippen molar-refractivity contribution in [1.29, 1.82) is 0 Å². The molecule has 0 heterocycles. The minimum atomic E-state index is -0.731. The minimum Gasteiger partial charge on any atom is -0.388 e. The normalized spacial score (nSPS) is 12.2. The number of nitrogens with zero attached hydrogens (tertiary/aromatic N) is 2. The van der Waals surface area contributed by atoms with Gasteiger partial charge in [0.05, 0.1) is 12.1 Å². The molecule has 1 amide bonds. The lowest BCUT2D eigenvalue weighted by Crippen LogP contribution is -2.41. The fraction of sp³-hybridized carbons (Fsp3) is 0.875. The molecule has 130 valence electrons. The number of hydrogen-bond acceptors (Lipinski definition) is 3. The van der Waals surface area contributed by atoms with Crippen molar-refractivity contribution in [2.24, 2.45) is 4.99 Å². The fourth-order valence-electron chi connectivity index (χ4n) is 2.29. The Morgan fingerprint density at radius 3 is 2.18 bits per heavy atom. The Morgan fingerprint density at radius 2 is 1.73 bits per heavy atom. The molecule has 6 nitrogen and oxygen atoms in total. The van der Waals surface area contributed by atoms with E-state index in [1.165, 1.54) is 0 Å². The van der Waals surface area contributed by atoms with Crippen molar-refractivity contribution in [2.45, 2.75) is 58.5 Å². The van der Waals surface area contributed by atoms with Crippen LogP contribution in [0.5, 0.6) is 0 Å². The fourth-order valence-corrected chi connectivity index (χ4v) is 2.29. The van der Waals surface area contributed by atoms with Gasteiger partial charge in [0.2, 0.25) is 5.91 Å². The van der Waals surface area contributed by atoms with Gasteiger partial charge in [-0.25, -0.2) is 0 Å². The molecule has 0 unspecified atom stereocenters. The van der Waals surface area contributed by atoms with E-state index in [9.17, 15) is 9.90 Å². The van der Waals surface area contributed by atoms with Gasteiger partial charge in [0.1, 0.15) is 0 Å². The second-order valence-corrected chi connectivity index (χ2v) is 5.88. The summed E-state index contributed by atoms with van der Waals surface area (Å²) in [5.41, 5.74) is -0.731. The van der Waals surface area contributed by atoms with Gasteiger partial charge < -0.3 is 20.6 Å². The second kappa shape index (κ2) is 11.3. The Labute approximate surface area is 135 Å². The van der Waals surface area contributed by atoms with Crippen molar-refractivity contribution in [2.75, 3.05) is 33.7 Å². The van der Waals surface area contributed by atoms with E-state index in [1.54, 1.807) is 19.0 Å². The zero-order chi connectivity index (χ0) is 17.0. The first kappa shape index (κ1) is 20.7. The van der Waals surface area contributed by atoms with Crippen LogP contribution in [0.1, 0.15) is 52.9 Å². The SMILES string of the molecule is CCCC(O)(CCC)CN=C(NCC)NCCC(=O)N(C)C. The topological polar surface area (TPSA) is 77.0 Å². The largest absolute Gasteiger partial charge is 0.388 e. The molecule has 0 rings (SSSR count). The standard InChI is InChI=1S/C16H34N4O2/c1-6-10-16(22,11-7-2)13-19-15(17-8-3)18-12-9-14(21)20(4)5/h22H,6-13H2,1-5H3,(H2,17,18,19). The van der Waals surface area contributed by atoms with Crippen molar-refractivity contribution in [3.05, 3.63) is 0 Å². The Bertz CT molecular complexity index is 337. The van der Waals surface area contributed by atoms with Crippen LogP contribution in [-0.4, -0.2) is 61.2 Å². The Morgan fingerprint density at radius 1 is 1.14 bits per heavy atom. The van der Waals surface area contributed by atoms with Crippen LogP contribution in [0.2, 0.25) is 0 Å². The smallest absolute Gasteiger partial charge is 0.223 e. The summed E-state index contributed by atoms with van der Waals surface area (Å²) in [7, 11) is 3.49. The van der Waals surface area contributed by atoms with Gasteiger partial charge in [0, 0.05) is 33.6 Å². The molecule has 0 radical (unpaired) electrons. The van der Waals surface area contributed by atoms with E-state index < -0.39 is 5.60 Å². The third-order valence-electron chi connectivity index (χ3n) is 3.44. The molecule has 22 heavy (non-hydrogen) atoms. The molecular formula is C16H34N4O2. The number of nitrogens with one attached hydrogen (secondary N) is 2. The maximum atomic E-state index is 11.6. The van der Waals surface area contributed by atoms with Gasteiger partial charge in [-0.15, -0.1) is 0 Å². The highest BCUT2D eigenvalue weighted by Crippen LogP contribution is 2.19. The van der Waals surface area contributed by atoms with Gasteiger partial charge >= 0.3 is 0 Å². The summed E-state index contributed by atoms with van der Waals surface area (Å²) in [6, 6.07) is 0. The molecule has 0 saturated heterocycles. The van der Waals surface area contributed by atoms with Crippen molar-refractivity contribution in [3.8, 4) is 0 Å². The van der Waals surface area contributed by atoms with Gasteiger partial charge in [-0.05, 0) is 19.8 Å². The van der Waals surface area contributed by atoms with Crippen LogP contribution in [0.3, 0.4) is 0 Å². The predicted octanol–water partition coefficient (Wildman–Crippen LogP) is 1.35. The van der Waals surface area contributed by atoms with E-state index in [4.69, 9.17) is 0 Å². The van der Waals surface area contributed by atoms with Crippen LogP contribution in [-0.2, 0) is 4.79 Å². The van der Waals surface area contributed by atoms with Crippen molar-refractivity contribution < 1.29 is 9.90 Å².